The molecule has 0 radical (unpaired) electrons. The predicted octanol–water partition coefficient (Wildman–Crippen LogP) is 0.717. The molecule has 6 nitrogen and oxygen atoms in total. The van der Waals surface area contributed by atoms with E-state index in [0.29, 0.717) is 5.02 Å². The maximum Gasteiger partial charge on any atom is 0.248 e. The fraction of sp³-hybridized carbons (Fsp3) is 0.692. The van der Waals surface area contributed by atoms with Crippen LogP contribution in [0.15, 0.2) is 12.4 Å². The van der Waals surface area contributed by atoms with Crippen molar-refractivity contribution in [3.63, 3.8) is 0 Å². The molecule has 20 heavy (non-hydrogen) atoms. The minimum atomic E-state index is 0.0770. The minimum absolute atomic E-state index is 0.0770. The van der Waals surface area contributed by atoms with E-state index in [1.165, 1.54) is 0 Å². The molecule has 0 atom stereocenters. The molecule has 2 heterocycles. The number of carbonyl (C=O) groups excluding carboxylic acids is 1. The Bertz CT molecular complexity index is 438. The lowest BCUT2D eigenvalue weighted by Gasteiger charge is -2.21. The van der Waals surface area contributed by atoms with E-state index >= 15 is 0 Å². The first kappa shape index (κ1) is 15.3. The molecule has 0 bridgehead atoms. The molecular formula is C13H21ClN4O2. The van der Waals surface area contributed by atoms with E-state index in [9.17, 15) is 4.79 Å². The summed E-state index contributed by atoms with van der Waals surface area (Å²) in [6.45, 7) is 5.39. The van der Waals surface area contributed by atoms with Crippen molar-refractivity contribution in [3.8, 4) is 0 Å². The predicted molar refractivity (Wildman–Crippen MR) is 76.8 cm³/mol. The van der Waals surface area contributed by atoms with E-state index in [0.717, 1.165) is 45.7 Å². The van der Waals surface area contributed by atoms with E-state index in [1.807, 2.05) is 15.8 Å². The highest BCUT2D eigenvalue weighted by Crippen LogP contribution is 2.06. The summed E-state index contributed by atoms with van der Waals surface area (Å²) in [5, 5.41) is 4.83. The van der Waals surface area contributed by atoms with Gasteiger partial charge in [-0.25, -0.2) is 0 Å². The Morgan fingerprint density at radius 1 is 1.35 bits per heavy atom. The highest BCUT2D eigenvalue weighted by Gasteiger charge is 2.18. The van der Waals surface area contributed by atoms with Gasteiger partial charge >= 0.3 is 0 Å². The molecule has 0 spiro atoms. The van der Waals surface area contributed by atoms with Crippen LogP contribution in [0.1, 0.15) is 6.42 Å². The van der Waals surface area contributed by atoms with Gasteiger partial charge in [-0.3, -0.25) is 14.4 Å². The standard InChI is InChI=1S/C13H21ClN4O2/c1-20-11-13(19)17-4-2-3-16(5-7-17)6-8-18-10-12(14)9-15-18/h9-10H,2-8,11H2,1H3. The topological polar surface area (TPSA) is 50.6 Å². The molecule has 0 unspecified atom stereocenters. The first-order chi connectivity index (χ1) is 9.69. The van der Waals surface area contributed by atoms with Crippen molar-refractivity contribution in [1.29, 1.82) is 0 Å². The Kier molecular flexibility index (Phi) is 5.82. The number of aromatic nitrogens is 2. The molecule has 0 aliphatic carbocycles. The van der Waals surface area contributed by atoms with Crippen molar-refractivity contribution in [2.75, 3.05) is 46.4 Å². The molecule has 1 fully saturated rings. The molecule has 0 aromatic carbocycles. The first-order valence-electron chi connectivity index (χ1n) is 6.86. The van der Waals surface area contributed by atoms with Crippen molar-refractivity contribution < 1.29 is 9.53 Å². The highest BCUT2D eigenvalue weighted by atomic mass is 35.5. The van der Waals surface area contributed by atoms with Gasteiger partial charge in [-0.15, -0.1) is 0 Å². The second-order valence-corrected chi connectivity index (χ2v) is 5.37. The summed E-state index contributed by atoms with van der Waals surface area (Å²) in [6, 6.07) is 0. The summed E-state index contributed by atoms with van der Waals surface area (Å²) in [6.07, 6.45) is 4.47. The molecule has 1 aliphatic heterocycles. The molecule has 2 rings (SSSR count). The quantitative estimate of drug-likeness (QED) is 0.804. The lowest BCUT2D eigenvalue weighted by molar-refractivity contribution is -0.135. The van der Waals surface area contributed by atoms with Crippen LogP contribution >= 0.6 is 11.6 Å². The Morgan fingerprint density at radius 3 is 2.90 bits per heavy atom. The van der Waals surface area contributed by atoms with Gasteiger partial charge in [-0.2, -0.15) is 5.10 Å². The molecule has 0 N–H and O–H groups in total. The van der Waals surface area contributed by atoms with Crippen LogP contribution in [0, 0.1) is 0 Å². The zero-order valence-corrected chi connectivity index (χ0v) is 12.6. The Hall–Kier alpha value is -1.11. The Labute approximate surface area is 124 Å². The summed E-state index contributed by atoms with van der Waals surface area (Å²) in [4.78, 5) is 16.0. The average molecular weight is 301 g/mol. The van der Waals surface area contributed by atoms with E-state index in [4.69, 9.17) is 16.3 Å². The Balaban J connectivity index is 1.76. The third-order valence-corrected chi connectivity index (χ3v) is 3.65. The number of hydrogen-bond donors (Lipinski definition) is 0. The third kappa shape index (κ3) is 4.47. The number of carbonyl (C=O) groups is 1. The Morgan fingerprint density at radius 2 is 2.20 bits per heavy atom. The number of hydrogen-bond acceptors (Lipinski definition) is 4. The maximum atomic E-state index is 11.8. The average Bonchev–Trinajstić information content (AvgIpc) is 2.71. The van der Waals surface area contributed by atoms with Gasteiger partial charge < -0.3 is 9.64 Å². The molecule has 1 aromatic rings. The van der Waals surface area contributed by atoms with Gasteiger partial charge in [0.25, 0.3) is 0 Å². The van der Waals surface area contributed by atoms with Gasteiger partial charge in [-0.05, 0) is 13.0 Å². The highest BCUT2D eigenvalue weighted by molar-refractivity contribution is 6.30. The molecule has 0 saturated carbocycles. The van der Waals surface area contributed by atoms with Gasteiger partial charge in [0.05, 0.1) is 17.8 Å². The fourth-order valence-corrected chi connectivity index (χ4v) is 2.52. The molecule has 112 valence electrons. The minimum Gasteiger partial charge on any atom is -0.375 e. The van der Waals surface area contributed by atoms with Crippen molar-refractivity contribution in [1.82, 2.24) is 19.6 Å². The summed E-state index contributed by atoms with van der Waals surface area (Å²) >= 11 is 5.84. The molecule has 1 saturated heterocycles. The third-order valence-electron chi connectivity index (χ3n) is 3.46. The van der Waals surface area contributed by atoms with Crippen molar-refractivity contribution in [3.05, 3.63) is 17.4 Å². The van der Waals surface area contributed by atoms with Crippen LogP contribution in [0.3, 0.4) is 0 Å². The zero-order chi connectivity index (χ0) is 14.4. The van der Waals surface area contributed by atoms with Crippen LogP contribution in [0.5, 0.6) is 0 Å². The maximum absolute atomic E-state index is 11.8. The van der Waals surface area contributed by atoms with Gasteiger partial charge in [0.1, 0.15) is 6.61 Å². The van der Waals surface area contributed by atoms with Gasteiger partial charge in [-0.1, -0.05) is 11.6 Å². The van der Waals surface area contributed by atoms with E-state index < -0.39 is 0 Å². The van der Waals surface area contributed by atoms with Crippen LogP contribution in [0.2, 0.25) is 5.02 Å². The number of amides is 1. The second kappa shape index (κ2) is 7.61. The summed E-state index contributed by atoms with van der Waals surface area (Å²) < 4.78 is 6.75. The molecule has 1 aliphatic rings. The van der Waals surface area contributed by atoms with Crippen molar-refractivity contribution in [2.24, 2.45) is 0 Å². The first-order valence-corrected chi connectivity index (χ1v) is 7.24. The van der Waals surface area contributed by atoms with Gasteiger partial charge in [0, 0.05) is 39.5 Å². The lowest BCUT2D eigenvalue weighted by atomic mass is 10.3. The molecular weight excluding hydrogens is 280 g/mol. The fourth-order valence-electron chi connectivity index (χ4n) is 2.36. The van der Waals surface area contributed by atoms with E-state index in [1.54, 1.807) is 13.3 Å². The van der Waals surface area contributed by atoms with Crippen LogP contribution < -0.4 is 0 Å². The number of halogens is 1. The molecule has 1 aromatic heterocycles. The van der Waals surface area contributed by atoms with Crippen LogP contribution in [-0.4, -0.2) is 71.9 Å². The number of methoxy groups -OCH3 is 1. The van der Waals surface area contributed by atoms with Crippen LogP contribution in [0.4, 0.5) is 0 Å². The van der Waals surface area contributed by atoms with Crippen molar-refractivity contribution >= 4 is 17.5 Å². The number of rotatable bonds is 5. The van der Waals surface area contributed by atoms with Crippen LogP contribution in [-0.2, 0) is 16.1 Å². The monoisotopic (exact) mass is 300 g/mol. The SMILES string of the molecule is COCC(=O)N1CCCN(CCn2cc(Cl)cn2)CC1. The van der Waals surface area contributed by atoms with Gasteiger partial charge in [0.2, 0.25) is 5.91 Å². The largest absolute Gasteiger partial charge is 0.375 e. The second-order valence-electron chi connectivity index (χ2n) is 4.93. The van der Waals surface area contributed by atoms with E-state index in [-0.39, 0.29) is 12.5 Å². The molecule has 7 heteroatoms. The van der Waals surface area contributed by atoms with Gasteiger partial charge in [0.15, 0.2) is 0 Å². The smallest absolute Gasteiger partial charge is 0.248 e. The van der Waals surface area contributed by atoms with Crippen molar-refractivity contribution in [2.45, 2.75) is 13.0 Å². The normalized spacial score (nSPS) is 17.2. The summed E-state index contributed by atoms with van der Waals surface area (Å²) in [7, 11) is 1.55. The van der Waals surface area contributed by atoms with Crippen LogP contribution in [0.25, 0.3) is 0 Å². The summed E-state index contributed by atoms with van der Waals surface area (Å²) in [5.74, 6) is 0.0770. The summed E-state index contributed by atoms with van der Waals surface area (Å²) in [5.41, 5.74) is 0. The van der Waals surface area contributed by atoms with E-state index in [2.05, 4.69) is 10.00 Å². The number of ether oxygens (including phenoxy) is 1. The molecule has 1 amide bonds. The zero-order valence-electron chi connectivity index (χ0n) is 11.8. The number of nitrogens with zero attached hydrogens (tertiary/aromatic N) is 4. The lowest BCUT2D eigenvalue weighted by Crippen LogP contribution is -2.37.